The van der Waals surface area contributed by atoms with Crippen LogP contribution in [0.1, 0.15) is 104 Å². The van der Waals surface area contributed by atoms with Crippen molar-refractivity contribution in [2.75, 3.05) is 0 Å². The lowest BCUT2D eigenvalue weighted by atomic mass is 9.42. The van der Waals surface area contributed by atoms with E-state index in [0.717, 1.165) is 47.6 Å². The van der Waals surface area contributed by atoms with Gasteiger partial charge in [0.25, 0.3) is 5.56 Å². The molecule has 8 atom stereocenters. The van der Waals surface area contributed by atoms with Crippen molar-refractivity contribution in [1.29, 1.82) is 0 Å². The van der Waals surface area contributed by atoms with Gasteiger partial charge in [-0.05, 0) is 111 Å². The summed E-state index contributed by atoms with van der Waals surface area (Å²) in [7, 11) is 0. The Morgan fingerprint density at radius 1 is 0.967 bits per heavy atom. The molecule has 6 unspecified atom stereocenters. The van der Waals surface area contributed by atoms with Crippen molar-refractivity contribution < 1.29 is 0 Å². The highest BCUT2D eigenvalue weighted by Crippen LogP contribution is 2.69. The van der Waals surface area contributed by atoms with Crippen LogP contribution in [0.4, 0.5) is 0 Å². The van der Waals surface area contributed by atoms with E-state index in [4.69, 9.17) is 0 Å². The van der Waals surface area contributed by atoms with Gasteiger partial charge in [0.05, 0.1) is 0 Å². The predicted molar refractivity (Wildman–Crippen MR) is 123 cm³/mol. The second-order valence-electron chi connectivity index (χ2n) is 12.1. The number of hydrogen-bond donors (Lipinski definition) is 2. The Balaban J connectivity index is 1.30. The molecule has 4 aliphatic rings. The molecule has 4 aliphatic carbocycles. The number of H-pyrrole nitrogens is 2. The van der Waals surface area contributed by atoms with E-state index in [1.165, 1.54) is 70.6 Å². The van der Waals surface area contributed by atoms with Gasteiger partial charge in [-0.1, -0.05) is 40.0 Å². The van der Waals surface area contributed by atoms with Crippen molar-refractivity contribution in [3.63, 3.8) is 0 Å². The van der Waals surface area contributed by atoms with Crippen LogP contribution in [-0.4, -0.2) is 10.2 Å². The smallest absolute Gasteiger partial charge is 0.264 e. The third kappa shape index (κ3) is 3.25. The summed E-state index contributed by atoms with van der Waals surface area (Å²) in [4.78, 5) is 11.4. The molecular formula is C27H44N2O. The van der Waals surface area contributed by atoms with Gasteiger partial charge in [0.1, 0.15) is 0 Å². The average molecular weight is 413 g/mol. The first-order chi connectivity index (χ1) is 14.5. The van der Waals surface area contributed by atoms with Crippen LogP contribution in [0, 0.1) is 46.3 Å². The molecule has 0 aliphatic heterocycles. The van der Waals surface area contributed by atoms with E-state index in [0.29, 0.717) is 10.8 Å². The number of aryl methyl sites for hydroxylation is 1. The number of aromatic nitrogens is 2. The minimum atomic E-state index is 0.00787. The zero-order valence-corrected chi connectivity index (χ0v) is 19.6. The van der Waals surface area contributed by atoms with Gasteiger partial charge in [-0.25, -0.2) is 0 Å². The number of hydrogen-bond acceptors (Lipinski definition) is 1. The molecule has 0 amide bonds. The first-order valence-corrected chi connectivity index (χ1v) is 13.2. The lowest BCUT2D eigenvalue weighted by Crippen LogP contribution is -2.55. The topological polar surface area (TPSA) is 48.6 Å². The summed E-state index contributed by atoms with van der Waals surface area (Å²) in [6, 6.07) is 1.73. The molecule has 5 rings (SSSR count). The van der Waals surface area contributed by atoms with E-state index in [1.807, 2.05) is 0 Å². The Labute approximate surface area is 183 Å². The second kappa shape index (κ2) is 7.85. The Hall–Kier alpha value is -0.990. The minimum Gasteiger partial charge on any atom is -0.302 e. The Morgan fingerprint density at radius 2 is 1.80 bits per heavy atom. The molecule has 0 radical (unpaired) electrons. The Morgan fingerprint density at radius 3 is 2.57 bits per heavy atom. The van der Waals surface area contributed by atoms with Gasteiger partial charge in [-0.2, -0.15) is 0 Å². The predicted octanol–water partition coefficient (Wildman–Crippen LogP) is 6.71. The largest absolute Gasteiger partial charge is 0.302 e. The van der Waals surface area contributed by atoms with Crippen molar-refractivity contribution in [3.05, 3.63) is 22.1 Å². The summed E-state index contributed by atoms with van der Waals surface area (Å²) in [6.45, 7) is 7.88. The van der Waals surface area contributed by atoms with Crippen LogP contribution in [0.15, 0.2) is 10.9 Å². The molecule has 4 fully saturated rings. The van der Waals surface area contributed by atoms with Crippen molar-refractivity contribution in [2.45, 2.75) is 104 Å². The van der Waals surface area contributed by atoms with Gasteiger partial charge >= 0.3 is 0 Å². The van der Waals surface area contributed by atoms with Crippen LogP contribution in [-0.2, 0) is 6.42 Å². The Bertz CT molecular complexity index is 795. The van der Waals surface area contributed by atoms with Crippen LogP contribution in [0.2, 0.25) is 0 Å². The quantitative estimate of drug-likeness (QED) is 0.554. The zero-order valence-electron chi connectivity index (χ0n) is 19.6. The number of nitrogens with one attached hydrogen (secondary N) is 2. The average Bonchev–Trinajstić information content (AvgIpc) is 3.30. The first kappa shape index (κ1) is 20.9. The lowest BCUT2D eigenvalue weighted by Gasteiger charge is -2.62. The van der Waals surface area contributed by atoms with E-state index in [2.05, 4.69) is 31.0 Å². The Kier molecular flexibility index (Phi) is 5.47. The molecule has 3 nitrogen and oxygen atoms in total. The summed E-state index contributed by atoms with van der Waals surface area (Å²) in [6.07, 6.45) is 18.4. The molecule has 0 saturated heterocycles. The van der Waals surface area contributed by atoms with Gasteiger partial charge in [-0.15, -0.1) is 0 Å². The SMILES string of the molecule is CC[C@H]1CC2C3CCC(CCCc4cc(=O)[nH][nH]4)C3(C)CC[C@@H]2C2(C)CCCCC12. The standard InChI is InChI=1S/C27H44N2O/c1-4-18-16-21-23-12-11-19(8-7-9-20-17-25(30)29-28-20)26(23,2)15-13-24(21)27(3)14-6-5-10-22(18)27/h17-19,21-24H,4-16H2,1-3H3,(H2,28,29,30)/t18-,19?,21?,22?,23?,24-,26?,27?/m0/s1. The van der Waals surface area contributed by atoms with Crippen molar-refractivity contribution in [2.24, 2.45) is 46.3 Å². The lowest BCUT2D eigenvalue weighted by molar-refractivity contribution is -0.135. The fraction of sp³-hybridized carbons (Fsp3) is 0.889. The maximum atomic E-state index is 11.4. The maximum absolute atomic E-state index is 11.4. The van der Waals surface area contributed by atoms with E-state index in [-0.39, 0.29) is 5.56 Å². The molecule has 168 valence electrons. The van der Waals surface area contributed by atoms with Crippen LogP contribution >= 0.6 is 0 Å². The van der Waals surface area contributed by atoms with Crippen LogP contribution in [0.3, 0.4) is 0 Å². The summed E-state index contributed by atoms with van der Waals surface area (Å²) < 4.78 is 0. The molecule has 30 heavy (non-hydrogen) atoms. The normalized spacial score (nSPS) is 45.6. The van der Waals surface area contributed by atoms with Gasteiger partial charge in [-0.3, -0.25) is 9.89 Å². The van der Waals surface area contributed by atoms with Gasteiger partial charge < -0.3 is 5.10 Å². The van der Waals surface area contributed by atoms with E-state index in [1.54, 1.807) is 12.5 Å². The van der Waals surface area contributed by atoms with E-state index in [9.17, 15) is 4.79 Å². The van der Waals surface area contributed by atoms with Crippen molar-refractivity contribution in [1.82, 2.24) is 10.2 Å². The summed E-state index contributed by atoms with van der Waals surface area (Å²) >= 11 is 0. The molecule has 1 heterocycles. The number of fused-ring (bicyclic) bond motifs is 5. The van der Waals surface area contributed by atoms with Crippen molar-refractivity contribution >= 4 is 0 Å². The summed E-state index contributed by atoms with van der Waals surface area (Å²) in [5, 5.41) is 5.72. The van der Waals surface area contributed by atoms with Crippen LogP contribution in [0.25, 0.3) is 0 Å². The van der Waals surface area contributed by atoms with E-state index < -0.39 is 0 Å². The van der Waals surface area contributed by atoms with E-state index >= 15 is 0 Å². The molecular weight excluding hydrogens is 368 g/mol. The zero-order chi connectivity index (χ0) is 20.9. The fourth-order valence-electron chi connectivity index (χ4n) is 9.65. The number of rotatable bonds is 5. The molecule has 1 aromatic heterocycles. The second-order valence-corrected chi connectivity index (χ2v) is 12.1. The maximum Gasteiger partial charge on any atom is 0.264 e. The van der Waals surface area contributed by atoms with Crippen molar-refractivity contribution in [3.8, 4) is 0 Å². The molecule has 0 bridgehead atoms. The molecule has 1 aromatic rings. The minimum absolute atomic E-state index is 0.00787. The van der Waals surface area contributed by atoms with Gasteiger partial charge in [0, 0.05) is 11.8 Å². The first-order valence-electron chi connectivity index (χ1n) is 13.2. The van der Waals surface area contributed by atoms with Crippen LogP contribution in [0.5, 0.6) is 0 Å². The fourth-order valence-corrected chi connectivity index (χ4v) is 9.65. The third-order valence-electron chi connectivity index (χ3n) is 11.1. The highest BCUT2D eigenvalue weighted by atomic mass is 16.1. The summed E-state index contributed by atoms with van der Waals surface area (Å²) in [5.74, 6) is 5.88. The monoisotopic (exact) mass is 412 g/mol. The molecule has 2 N–H and O–H groups in total. The van der Waals surface area contributed by atoms with Gasteiger partial charge in [0.15, 0.2) is 0 Å². The highest BCUT2D eigenvalue weighted by molar-refractivity contribution is 5.10. The van der Waals surface area contributed by atoms with Crippen LogP contribution < -0.4 is 5.56 Å². The molecule has 4 saturated carbocycles. The molecule has 0 aromatic carbocycles. The molecule has 0 spiro atoms. The van der Waals surface area contributed by atoms with Gasteiger partial charge in [0.2, 0.25) is 0 Å². The third-order valence-corrected chi connectivity index (χ3v) is 11.1. The molecule has 3 heteroatoms. The highest BCUT2D eigenvalue weighted by Gasteiger charge is 2.60. The summed E-state index contributed by atoms with van der Waals surface area (Å²) in [5.41, 5.74) is 2.30. The number of aromatic amines is 2.